The van der Waals surface area contributed by atoms with Gasteiger partial charge < -0.3 is 19.3 Å². The molecular formula is C23H20N4O5S2. The van der Waals surface area contributed by atoms with E-state index in [0.29, 0.717) is 17.0 Å². The Morgan fingerprint density at radius 1 is 1.15 bits per heavy atom. The van der Waals surface area contributed by atoms with Crippen LogP contribution in [0.1, 0.15) is 27.8 Å². The molecule has 34 heavy (non-hydrogen) atoms. The fourth-order valence-corrected chi connectivity index (χ4v) is 4.34. The van der Waals surface area contributed by atoms with Crippen LogP contribution in [-0.2, 0) is 28.3 Å². The van der Waals surface area contributed by atoms with Crippen molar-refractivity contribution in [2.45, 2.75) is 23.7 Å². The molecule has 4 rings (SSSR count). The number of carbonyl (C=O) groups excluding carboxylic acids is 2. The largest absolute Gasteiger partial charge is 0.495 e. The smallest absolute Gasteiger partial charge is 0.338 e. The molecule has 0 unspecified atom stereocenters. The van der Waals surface area contributed by atoms with Gasteiger partial charge in [0.25, 0.3) is 5.89 Å². The van der Waals surface area contributed by atoms with E-state index < -0.39 is 5.97 Å². The number of thioether (sulfide) groups is 1. The number of para-hydroxylation sites is 2. The Kier molecular flexibility index (Phi) is 7.89. The average molecular weight is 497 g/mol. The molecule has 1 N–H and O–H groups in total. The number of benzene rings is 2. The minimum atomic E-state index is -0.510. The van der Waals surface area contributed by atoms with Crippen molar-refractivity contribution in [3.05, 3.63) is 82.4 Å². The van der Waals surface area contributed by atoms with Crippen molar-refractivity contribution < 1.29 is 23.6 Å². The predicted molar refractivity (Wildman–Crippen MR) is 127 cm³/mol. The zero-order chi connectivity index (χ0) is 23.8. The lowest BCUT2D eigenvalue weighted by atomic mass is 10.2. The summed E-state index contributed by atoms with van der Waals surface area (Å²) in [6.07, 6.45) is -0.102. The molecule has 174 valence electrons. The first-order valence-electron chi connectivity index (χ1n) is 10.1. The Balaban J connectivity index is 1.24. The van der Waals surface area contributed by atoms with Gasteiger partial charge in [-0.3, -0.25) is 4.79 Å². The van der Waals surface area contributed by atoms with Crippen LogP contribution in [0.4, 0.5) is 5.69 Å². The highest BCUT2D eigenvalue weighted by Crippen LogP contribution is 2.24. The van der Waals surface area contributed by atoms with Crippen molar-refractivity contribution >= 4 is 40.7 Å². The zero-order valence-corrected chi connectivity index (χ0v) is 19.7. The fourth-order valence-electron chi connectivity index (χ4n) is 2.87. The van der Waals surface area contributed by atoms with Crippen LogP contribution in [0.3, 0.4) is 0 Å². The molecule has 2 heterocycles. The first-order valence-corrected chi connectivity index (χ1v) is 12.0. The maximum absolute atomic E-state index is 12.3. The van der Waals surface area contributed by atoms with Crippen LogP contribution in [-0.4, -0.2) is 34.1 Å². The van der Waals surface area contributed by atoms with Crippen LogP contribution in [0, 0.1) is 0 Å². The number of thiazole rings is 1. The number of esters is 1. The molecule has 0 saturated heterocycles. The lowest BCUT2D eigenvalue weighted by Crippen LogP contribution is -2.15. The summed E-state index contributed by atoms with van der Waals surface area (Å²) in [5.74, 6) is 0.752. The lowest BCUT2D eigenvalue weighted by molar-refractivity contribution is -0.115. The highest BCUT2D eigenvalue weighted by atomic mass is 32.2. The van der Waals surface area contributed by atoms with Gasteiger partial charge in [0, 0.05) is 16.0 Å². The maximum atomic E-state index is 12.3. The van der Waals surface area contributed by atoms with Crippen LogP contribution < -0.4 is 10.1 Å². The Morgan fingerprint density at radius 3 is 2.74 bits per heavy atom. The van der Waals surface area contributed by atoms with Gasteiger partial charge in [-0.2, -0.15) is 4.98 Å². The summed E-state index contributed by atoms with van der Waals surface area (Å²) in [6, 6.07) is 14.2. The second-order valence-corrected chi connectivity index (χ2v) is 8.67. The second kappa shape index (κ2) is 11.4. The third-order valence-electron chi connectivity index (χ3n) is 4.50. The summed E-state index contributed by atoms with van der Waals surface area (Å²) in [6.45, 7) is -0.194. The van der Waals surface area contributed by atoms with E-state index in [4.69, 9.17) is 14.0 Å². The van der Waals surface area contributed by atoms with Gasteiger partial charge in [-0.1, -0.05) is 17.3 Å². The van der Waals surface area contributed by atoms with Crippen molar-refractivity contribution in [3.63, 3.8) is 0 Å². The van der Waals surface area contributed by atoms with Gasteiger partial charge in [0.05, 0.1) is 36.0 Å². The second-order valence-electron chi connectivity index (χ2n) is 6.90. The Labute approximate surface area is 203 Å². The fraction of sp³-hybridized carbons (Fsp3) is 0.174. The van der Waals surface area contributed by atoms with E-state index in [0.717, 1.165) is 16.3 Å². The molecule has 0 saturated carbocycles. The van der Waals surface area contributed by atoms with Gasteiger partial charge in [0.15, 0.2) is 12.4 Å². The normalized spacial score (nSPS) is 10.6. The first-order chi connectivity index (χ1) is 16.6. The monoisotopic (exact) mass is 496 g/mol. The van der Waals surface area contributed by atoms with Crippen molar-refractivity contribution in [1.29, 1.82) is 0 Å². The standard InChI is InChI=1S/C23H20N4O5S2/c1-30-19-5-3-2-4-18(19)25-21(28)10-20-26-22(32-27-20)11-31-23(29)15-6-8-17(9-7-15)34-13-16-12-33-14-24-16/h2-9,12,14H,10-11,13H2,1H3,(H,25,28). The molecule has 0 fully saturated rings. The molecule has 1 amide bonds. The predicted octanol–water partition coefficient (Wildman–Crippen LogP) is 4.37. The number of rotatable bonds is 10. The summed E-state index contributed by atoms with van der Waals surface area (Å²) in [4.78, 5) is 34.0. The quantitative estimate of drug-likeness (QED) is 0.252. The number of hydrogen-bond acceptors (Lipinski definition) is 10. The Morgan fingerprint density at radius 2 is 1.97 bits per heavy atom. The molecule has 4 aromatic rings. The van der Waals surface area contributed by atoms with E-state index in [9.17, 15) is 9.59 Å². The van der Waals surface area contributed by atoms with E-state index in [1.807, 2.05) is 17.5 Å². The van der Waals surface area contributed by atoms with Gasteiger partial charge in [-0.15, -0.1) is 23.1 Å². The molecule has 11 heteroatoms. The van der Waals surface area contributed by atoms with Crippen molar-refractivity contribution in [2.24, 2.45) is 0 Å². The van der Waals surface area contributed by atoms with Crippen molar-refractivity contribution in [2.75, 3.05) is 12.4 Å². The highest BCUT2D eigenvalue weighted by Gasteiger charge is 2.15. The number of nitrogens with zero attached hydrogens (tertiary/aromatic N) is 3. The minimum Gasteiger partial charge on any atom is -0.495 e. The number of nitrogens with one attached hydrogen (secondary N) is 1. The highest BCUT2D eigenvalue weighted by molar-refractivity contribution is 7.98. The minimum absolute atomic E-state index is 0.101. The molecule has 0 radical (unpaired) electrons. The van der Waals surface area contributed by atoms with E-state index in [1.54, 1.807) is 65.0 Å². The molecule has 0 aliphatic rings. The number of aromatic nitrogens is 3. The van der Waals surface area contributed by atoms with Gasteiger partial charge in [0.2, 0.25) is 5.91 Å². The maximum Gasteiger partial charge on any atom is 0.338 e. The zero-order valence-electron chi connectivity index (χ0n) is 18.1. The summed E-state index contributed by atoms with van der Waals surface area (Å²) in [5, 5.41) is 8.51. The third kappa shape index (κ3) is 6.42. The van der Waals surface area contributed by atoms with E-state index in [1.165, 1.54) is 7.11 Å². The molecule has 0 aliphatic heterocycles. The average Bonchev–Trinajstić information content (AvgIpc) is 3.54. The molecular weight excluding hydrogens is 476 g/mol. The van der Waals surface area contributed by atoms with Crippen LogP contribution in [0.15, 0.2) is 68.8 Å². The topological polar surface area (TPSA) is 116 Å². The van der Waals surface area contributed by atoms with Crippen LogP contribution in [0.5, 0.6) is 5.75 Å². The number of ether oxygens (including phenoxy) is 2. The van der Waals surface area contributed by atoms with Crippen molar-refractivity contribution in [3.8, 4) is 5.75 Å². The Hall–Kier alpha value is -3.70. The van der Waals surface area contributed by atoms with Gasteiger partial charge in [0.1, 0.15) is 5.75 Å². The summed E-state index contributed by atoms with van der Waals surface area (Å²) >= 11 is 3.20. The van der Waals surface area contributed by atoms with Crippen LogP contribution in [0.2, 0.25) is 0 Å². The van der Waals surface area contributed by atoms with Crippen LogP contribution in [0.25, 0.3) is 0 Å². The number of methoxy groups -OCH3 is 1. The molecule has 2 aromatic heterocycles. The van der Waals surface area contributed by atoms with Gasteiger partial charge in [-0.25, -0.2) is 9.78 Å². The number of amides is 1. The van der Waals surface area contributed by atoms with Crippen LogP contribution >= 0.6 is 23.1 Å². The molecule has 9 nitrogen and oxygen atoms in total. The SMILES string of the molecule is COc1ccccc1NC(=O)Cc1noc(COC(=O)c2ccc(SCc3cscn3)cc2)n1. The van der Waals surface area contributed by atoms with E-state index >= 15 is 0 Å². The lowest BCUT2D eigenvalue weighted by Gasteiger charge is -2.08. The summed E-state index contributed by atoms with van der Waals surface area (Å²) in [5.41, 5.74) is 3.78. The molecule has 0 aliphatic carbocycles. The summed E-state index contributed by atoms with van der Waals surface area (Å²) < 4.78 is 15.5. The van der Waals surface area contributed by atoms with E-state index in [-0.39, 0.29) is 30.7 Å². The Bertz CT molecular complexity index is 1240. The first kappa shape index (κ1) is 23.5. The molecule has 0 atom stereocenters. The van der Waals surface area contributed by atoms with Gasteiger partial charge >= 0.3 is 5.97 Å². The number of carbonyl (C=O) groups is 2. The molecule has 0 spiro atoms. The number of anilines is 1. The van der Waals surface area contributed by atoms with Gasteiger partial charge in [-0.05, 0) is 36.4 Å². The third-order valence-corrected chi connectivity index (χ3v) is 6.18. The van der Waals surface area contributed by atoms with Crippen molar-refractivity contribution in [1.82, 2.24) is 15.1 Å². The van der Waals surface area contributed by atoms with E-state index in [2.05, 4.69) is 20.4 Å². The summed E-state index contributed by atoms with van der Waals surface area (Å²) in [7, 11) is 1.52. The molecule has 0 bridgehead atoms. The molecule has 2 aromatic carbocycles. The number of hydrogen-bond donors (Lipinski definition) is 1.